The lowest BCUT2D eigenvalue weighted by Gasteiger charge is -2.16. The molecule has 3 aromatic rings. The highest BCUT2D eigenvalue weighted by molar-refractivity contribution is 5.81. The average molecular weight is 280 g/mol. The average Bonchev–Trinajstić information content (AvgIpc) is 2.50. The zero-order chi connectivity index (χ0) is 14.8. The molecular formula is C18H17FN2. The first-order valence-electron chi connectivity index (χ1n) is 7.01. The molecule has 3 heteroatoms. The highest BCUT2D eigenvalue weighted by Crippen LogP contribution is 2.23. The Morgan fingerprint density at radius 3 is 2.71 bits per heavy atom. The van der Waals surface area contributed by atoms with Crippen LogP contribution in [0.25, 0.3) is 10.9 Å². The number of anilines is 1. The summed E-state index contributed by atoms with van der Waals surface area (Å²) in [5, 5.41) is 4.46. The maximum absolute atomic E-state index is 13.6. The molecule has 0 amide bonds. The first-order chi connectivity index (χ1) is 10.1. The minimum Gasteiger partial charge on any atom is -0.377 e. The number of benzene rings is 2. The molecule has 2 nitrogen and oxygen atoms in total. The van der Waals surface area contributed by atoms with E-state index in [1.807, 2.05) is 49.5 Å². The molecule has 0 saturated heterocycles. The van der Waals surface area contributed by atoms with E-state index in [2.05, 4.69) is 16.4 Å². The lowest BCUT2D eigenvalue weighted by Crippen LogP contribution is -2.07. The molecule has 1 heterocycles. The maximum atomic E-state index is 13.6. The highest BCUT2D eigenvalue weighted by Gasteiger charge is 2.08. The monoisotopic (exact) mass is 280 g/mol. The Morgan fingerprint density at radius 2 is 1.90 bits per heavy atom. The number of hydrogen-bond donors (Lipinski definition) is 1. The minimum atomic E-state index is -0.169. The summed E-state index contributed by atoms with van der Waals surface area (Å²) in [5.74, 6) is -0.169. The van der Waals surface area contributed by atoms with E-state index in [0.717, 1.165) is 22.2 Å². The normalized spacial score (nSPS) is 12.3. The van der Waals surface area contributed by atoms with Crippen LogP contribution in [0.4, 0.5) is 10.1 Å². The number of pyridine rings is 1. The molecule has 106 valence electrons. The Balaban J connectivity index is 1.85. The molecule has 0 radical (unpaired) electrons. The van der Waals surface area contributed by atoms with Gasteiger partial charge < -0.3 is 5.32 Å². The zero-order valence-electron chi connectivity index (χ0n) is 12.1. The van der Waals surface area contributed by atoms with Crippen LogP contribution in [0, 0.1) is 12.7 Å². The molecular weight excluding hydrogens is 263 g/mol. The molecule has 0 aliphatic rings. The van der Waals surface area contributed by atoms with E-state index < -0.39 is 0 Å². The predicted molar refractivity (Wildman–Crippen MR) is 84.9 cm³/mol. The minimum absolute atomic E-state index is 0.0167. The van der Waals surface area contributed by atoms with Crippen LogP contribution in [0.1, 0.15) is 24.1 Å². The second-order valence-electron chi connectivity index (χ2n) is 5.29. The Kier molecular flexibility index (Phi) is 3.57. The lowest BCUT2D eigenvalue weighted by atomic mass is 10.1. The van der Waals surface area contributed by atoms with Gasteiger partial charge in [-0.2, -0.15) is 0 Å². The smallest absolute Gasteiger partial charge is 0.126 e. The van der Waals surface area contributed by atoms with Crippen molar-refractivity contribution in [2.75, 3.05) is 5.32 Å². The van der Waals surface area contributed by atoms with Crippen molar-refractivity contribution in [3.05, 3.63) is 71.7 Å². The summed E-state index contributed by atoms with van der Waals surface area (Å²) < 4.78 is 13.6. The van der Waals surface area contributed by atoms with Crippen molar-refractivity contribution in [2.24, 2.45) is 0 Å². The molecule has 3 rings (SSSR count). The van der Waals surface area contributed by atoms with Gasteiger partial charge in [0.25, 0.3) is 0 Å². The van der Waals surface area contributed by atoms with E-state index >= 15 is 0 Å². The quantitative estimate of drug-likeness (QED) is 0.741. The molecule has 0 bridgehead atoms. The predicted octanol–water partition coefficient (Wildman–Crippen LogP) is 4.86. The van der Waals surface area contributed by atoms with Gasteiger partial charge in [0, 0.05) is 11.4 Å². The lowest BCUT2D eigenvalue weighted by molar-refractivity contribution is 0.614. The third-order valence-electron chi connectivity index (χ3n) is 3.67. The van der Waals surface area contributed by atoms with Crippen molar-refractivity contribution >= 4 is 16.6 Å². The van der Waals surface area contributed by atoms with E-state index in [9.17, 15) is 4.39 Å². The maximum Gasteiger partial charge on any atom is 0.126 e. The fraction of sp³-hybridized carbons (Fsp3) is 0.167. The van der Waals surface area contributed by atoms with Crippen LogP contribution >= 0.6 is 0 Å². The number of hydrogen-bond acceptors (Lipinski definition) is 2. The fourth-order valence-corrected chi connectivity index (χ4v) is 2.36. The van der Waals surface area contributed by atoms with Crippen LogP contribution in [0.5, 0.6) is 0 Å². The van der Waals surface area contributed by atoms with Crippen molar-refractivity contribution in [3.63, 3.8) is 0 Å². The standard InChI is InChI=1S/C18H17FN2/c1-12-7-8-14(10-17(12)19)13(2)21-16-9-15-5-3-4-6-18(15)20-11-16/h3-11,13,21H,1-2H3. The molecule has 1 aromatic heterocycles. The molecule has 0 saturated carbocycles. The van der Waals surface area contributed by atoms with Crippen molar-refractivity contribution in [1.29, 1.82) is 0 Å². The summed E-state index contributed by atoms with van der Waals surface area (Å²) in [6, 6.07) is 15.4. The number of fused-ring (bicyclic) bond motifs is 1. The van der Waals surface area contributed by atoms with Crippen LogP contribution in [0.3, 0.4) is 0 Å². The molecule has 21 heavy (non-hydrogen) atoms. The summed E-state index contributed by atoms with van der Waals surface area (Å²) in [6.07, 6.45) is 1.81. The Labute approximate surface area is 123 Å². The molecule has 0 fully saturated rings. The number of rotatable bonds is 3. The van der Waals surface area contributed by atoms with E-state index in [1.54, 1.807) is 13.0 Å². The van der Waals surface area contributed by atoms with Crippen molar-refractivity contribution in [3.8, 4) is 0 Å². The van der Waals surface area contributed by atoms with Crippen molar-refractivity contribution in [1.82, 2.24) is 4.98 Å². The summed E-state index contributed by atoms with van der Waals surface area (Å²) in [5.41, 5.74) is 3.49. The van der Waals surface area contributed by atoms with Crippen LogP contribution in [-0.2, 0) is 0 Å². The van der Waals surface area contributed by atoms with Gasteiger partial charge in [-0.05, 0) is 43.2 Å². The fourth-order valence-electron chi connectivity index (χ4n) is 2.36. The highest BCUT2D eigenvalue weighted by atomic mass is 19.1. The second-order valence-corrected chi connectivity index (χ2v) is 5.29. The second kappa shape index (κ2) is 5.52. The Bertz CT molecular complexity index is 783. The van der Waals surface area contributed by atoms with Gasteiger partial charge in [0.2, 0.25) is 0 Å². The number of nitrogens with zero attached hydrogens (tertiary/aromatic N) is 1. The molecule has 2 aromatic carbocycles. The van der Waals surface area contributed by atoms with Crippen LogP contribution in [0.15, 0.2) is 54.7 Å². The third kappa shape index (κ3) is 2.87. The summed E-state index contributed by atoms with van der Waals surface area (Å²) in [6.45, 7) is 3.78. The summed E-state index contributed by atoms with van der Waals surface area (Å²) >= 11 is 0. The van der Waals surface area contributed by atoms with Gasteiger partial charge in [-0.15, -0.1) is 0 Å². The topological polar surface area (TPSA) is 24.9 Å². The summed E-state index contributed by atoms with van der Waals surface area (Å²) in [4.78, 5) is 4.42. The molecule has 1 atom stereocenters. The first kappa shape index (κ1) is 13.6. The van der Waals surface area contributed by atoms with Crippen molar-refractivity contribution < 1.29 is 4.39 Å². The Hall–Kier alpha value is -2.42. The van der Waals surface area contributed by atoms with Crippen LogP contribution in [0.2, 0.25) is 0 Å². The largest absolute Gasteiger partial charge is 0.377 e. The SMILES string of the molecule is Cc1ccc(C(C)Nc2cnc3ccccc3c2)cc1F. The van der Waals surface area contributed by atoms with Gasteiger partial charge >= 0.3 is 0 Å². The van der Waals surface area contributed by atoms with Crippen LogP contribution in [-0.4, -0.2) is 4.98 Å². The molecule has 0 aliphatic carbocycles. The van der Waals surface area contributed by atoms with Crippen molar-refractivity contribution in [2.45, 2.75) is 19.9 Å². The van der Waals surface area contributed by atoms with E-state index in [4.69, 9.17) is 0 Å². The summed E-state index contributed by atoms with van der Waals surface area (Å²) in [7, 11) is 0. The van der Waals surface area contributed by atoms with Gasteiger partial charge in [-0.25, -0.2) is 4.39 Å². The number of aryl methyl sites for hydroxylation is 1. The molecule has 1 N–H and O–H groups in total. The van der Waals surface area contributed by atoms with Gasteiger partial charge in [-0.1, -0.05) is 30.3 Å². The van der Waals surface area contributed by atoms with Gasteiger partial charge in [0.1, 0.15) is 5.82 Å². The van der Waals surface area contributed by atoms with E-state index in [0.29, 0.717) is 5.56 Å². The first-order valence-corrected chi connectivity index (χ1v) is 7.01. The van der Waals surface area contributed by atoms with E-state index in [-0.39, 0.29) is 11.9 Å². The van der Waals surface area contributed by atoms with Gasteiger partial charge in [0.15, 0.2) is 0 Å². The van der Waals surface area contributed by atoms with Gasteiger partial charge in [0.05, 0.1) is 17.4 Å². The van der Waals surface area contributed by atoms with E-state index in [1.165, 1.54) is 0 Å². The number of para-hydroxylation sites is 1. The molecule has 0 spiro atoms. The molecule has 1 unspecified atom stereocenters. The van der Waals surface area contributed by atoms with Crippen LogP contribution < -0.4 is 5.32 Å². The Morgan fingerprint density at radius 1 is 1.10 bits per heavy atom. The number of halogens is 1. The van der Waals surface area contributed by atoms with Gasteiger partial charge in [-0.3, -0.25) is 4.98 Å². The zero-order valence-corrected chi connectivity index (χ0v) is 12.1. The molecule has 0 aliphatic heterocycles. The number of nitrogens with one attached hydrogen (secondary N) is 1. The third-order valence-corrected chi connectivity index (χ3v) is 3.67. The number of aromatic nitrogens is 1.